The lowest BCUT2D eigenvalue weighted by Crippen LogP contribution is -2.30. The van der Waals surface area contributed by atoms with Crippen LogP contribution in [0.5, 0.6) is 0 Å². The fourth-order valence-corrected chi connectivity index (χ4v) is 14.3. The van der Waals surface area contributed by atoms with E-state index in [4.69, 9.17) is 37.0 Å². The molecular weight excluding hydrogens is 1320 g/mol. The summed E-state index contributed by atoms with van der Waals surface area (Å²) in [5.74, 6) is -0.558. The van der Waals surface area contributed by atoms with E-state index >= 15 is 0 Å². The Bertz CT molecular complexity index is 1940. The normalized spacial score (nSPS) is 14.2. The maximum absolute atomic E-state index is 13.1. The van der Waals surface area contributed by atoms with Crippen LogP contribution < -0.4 is 0 Å². The van der Waals surface area contributed by atoms with Gasteiger partial charge in [-0.3, -0.25) is 37.3 Å². The van der Waals surface area contributed by atoms with Gasteiger partial charge in [0.1, 0.15) is 19.3 Å². The first-order valence-electron chi connectivity index (χ1n) is 42.5. The highest BCUT2D eigenvalue weighted by molar-refractivity contribution is 7.47. The first-order valence-corrected chi connectivity index (χ1v) is 45.5. The van der Waals surface area contributed by atoms with Crippen molar-refractivity contribution in [2.24, 2.45) is 11.8 Å². The number of rotatable bonds is 81. The number of hydrogen-bond acceptors (Lipinski definition) is 15. The Kier molecular flexibility index (Phi) is 72.2. The third-order valence-electron chi connectivity index (χ3n) is 19.6. The topological polar surface area (TPSA) is 237 Å². The van der Waals surface area contributed by atoms with E-state index in [0.29, 0.717) is 31.6 Å². The maximum atomic E-state index is 13.1. The van der Waals surface area contributed by atoms with E-state index in [0.717, 1.165) is 102 Å². The first kappa shape index (κ1) is 99.1. The first-order chi connectivity index (χ1) is 48.9. The minimum atomic E-state index is -4.96. The largest absolute Gasteiger partial charge is 0.472 e. The van der Waals surface area contributed by atoms with Crippen LogP contribution in [0.25, 0.3) is 0 Å². The molecule has 6 atom stereocenters. The molecule has 0 spiro atoms. The second-order valence-corrected chi connectivity index (χ2v) is 33.1. The molecule has 0 saturated heterocycles. The highest BCUT2D eigenvalue weighted by atomic mass is 31.2. The summed E-state index contributed by atoms with van der Waals surface area (Å²) in [5.41, 5.74) is 0. The fraction of sp³-hybridized carbons (Fsp3) is 0.951. The van der Waals surface area contributed by atoms with E-state index in [1.54, 1.807) is 0 Å². The van der Waals surface area contributed by atoms with Gasteiger partial charge in [-0.15, -0.1) is 0 Å². The molecule has 0 bridgehead atoms. The van der Waals surface area contributed by atoms with Gasteiger partial charge in [0, 0.05) is 25.7 Å². The van der Waals surface area contributed by atoms with Gasteiger partial charge in [-0.25, -0.2) is 9.13 Å². The molecule has 0 aliphatic rings. The van der Waals surface area contributed by atoms with E-state index in [-0.39, 0.29) is 25.7 Å². The molecule has 0 aliphatic carbocycles. The number of phosphoric ester groups is 2. The lowest BCUT2D eigenvalue weighted by Gasteiger charge is -2.21. The van der Waals surface area contributed by atoms with Crippen molar-refractivity contribution in [3.8, 4) is 0 Å². The van der Waals surface area contributed by atoms with Crippen LogP contribution in [-0.2, 0) is 65.4 Å². The molecule has 19 heteroatoms. The Morgan fingerprint density at radius 2 is 0.505 bits per heavy atom. The number of hydrogen-bond donors (Lipinski definition) is 3. The van der Waals surface area contributed by atoms with Gasteiger partial charge in [-0.05, 0) is 37.5 Å². The lowest BCUT2D eigenvalue weighted by atomic mass is 9.99. The van der Waals surface area contributed by atoms with Crippen molar-refractivity contribution in [1.82, 2.24) is 0 Å². The molecule has 0 aliphatic heterocycles. The van der Waals surface area contributed by atoms with Crippen LogP contribution in [0.4, 0.5) is 0 Å². The monoisotopic (exact) mass is 1480 g/mol. The number of aliphatic hydroxyl groups is 1. The summed E-state index contributed by atoms with van der Waals surface area (Å²) in [6.07, 6.45) is 63.9. The Hall–Kier alpha value is -1.94. The van der Waals surface area contributed by atoms with Gasteiger partial charge in [0.05, 0.1) is 26.4 Å². The van der Waals surface area contributed by atoms with Crippen molar-refractivity contribution < 1.29 is 80.2 Å². The zero-order chi connectivity index (χ0) is 74.2. The van der Waals surface area contributed by atoms with Gasteiger partial charge in [0.2, 0.25) is 0 Å². The van der Waals surface area contributed by atoms with Crippen LogP contribution in [-0.4, -0.2) is 96.7 Å². The Morgan fingerprint density at radius 3 is 0.752 bits per heavy atom. The summed E-state index contributed by atoms with van der Waals surface area (Å²) in [4.78, 5) is 73.0. The van der Waals surface area contributed by atoms with Crippen molar-refractivity contribution in [3.63, 3.8) is 0 Å². The number of aliphatic hydroxyl groups excluding tert-OH is 1. The summed E-state index contributed by atoms with van der Waals surface area (Å²) >= 11 is 0. The molecule has 0 aromatic rings. The Morgan fingerprint density at radius 1 is 0.287 bits per heavy atom. The summed E-state index contributed by atoms with van der Waals surface area (Å²) < 4.78 is 68.7. The van der Waals surface area contributed by atoms with E-state index in [2.05, 4.69) is 41.5 Å². The van der Waals surface area contributed by atoms with Gasteiger partial charge >= 0.3 is 39.5 Å². The molecule has 0 saturated carbocycles. The molecule has 17 nitrogen and oxygen atoms in total. The molecule has 0 rings (SSSR count). The fourth-order valence-electron chi connectivity index (χ4n) is 12.7. The second-order valence-electron chi connectivity index (χ2n) is 30.2. The number of phosphoric acid groups is 2. The minimum absolute atomic E-state index is 0.107. The molecule has 0 amide bonds. The van der Waals surface area contributed by atoms with Crippen molar-refractivity contribution in [2.45, 2.75) is 452 Å². The molecule has 101 heavy (non-hydrogen) atoms. The minimum Gasteiger partial charge on any atom is -0.462 e. The quantitative estimate of drug-likeness (QED) is 0.0222. The van der Waals surface area contributed by atoms with Gasteiger partial charge in [-0.1, -0.05) is 382 Å². The van der Waals surface area contributed by atoms with Crippen molar-refractivity contribution >= 4 is 39.5 Å². The SMILES string of the molecule is CCCCCCCCCCCCCCCCCC(=O)OC[C@H](COP(=O)(O)OC[C@@H](O)COP(=O)(O)OC[C@@H](COC(=O)CCCCCCCCC(C)C)OC(=O)CCCCCCCCCCCCCCCCC)OC(=O)CCCCCCCCCCCCCCCCCCCCC(C)CC. The van der Waals surface area contributed by atoms with Crippen molar-refractivity contribution in [3.05, 3.63) is 0 Å². The average Bonchev–Trinajstić information content (AvgIpc) is 0.941. The molecule has 0 aromatic heterocycles. The predicted octanol–water partition coefficient (Wildman–Crippen LogP) is 24.7. The Balaban J connectivity index is 5.20. The smallest absolute Gasteiger partial charge is 0.462 e. The lowest BCUT2D eigenvalue weighted by molar-refractivity contribution is -0.161. The van der Waals surface area contributed by atoms with Gasteiger partial charge in [0.25, 0.3) is 0 Å². The van der Waals surface area contributed by atoms with E-state index in [9.17, 15) is 43.2 Å². The van der Waals surface area contributed by atoms with Crippen LogP contribution in [0, 0.1) is 11.8 Å². The molecule has 0 fully saturated rings. The van der Waals surface area contributed by atoms with Crippen molar-refractivity contribution in [1.29, 1.82) is 0 Å². The van der Waals surface area contributed by atoms with E-state index in [1.165, 1.54) is 244 Å². The van der Waals surface area contributed by atoms with Crippen LogP contribution in [0.15, 0.2) is 0 Å². The number of unbranched alkanes of at least 4 members (excludes halogenated alkanes) is 50. The van der Waals surface area contributed by atoms with Crippen LogP contribution in [0.1, 0.15) is 433 Å². The third kappa shape index (κ3) is 74.7. The summed E-state index contributed by atoms with van der Waals surface area (Å²) in [7, 11) is -9.92. The molecular formula is C82H160O17P2. The molecule has 0 aromatic carbocycles. The molecule has 600 valence electrons. The molecule has 3 N–H and O–H groups in total. The predicted molar refractivity (Wildman–Crippen MR) is 414 cm³/mol. The number of carbonyl (C=O) groups excluding carboxylic acids is 4. The number of esters is 4. The maximum Gasteiger partial charge on any atom is 0.472 e. The third-order valence-corrected chi connectivity index (χ3v) is 21.5. The highest BCUT2D eigenvalue weighted by Crippen LogP contribution is 2.45. The van der Waals surface area contributed by atoms with Crippen LogP contribution in [0.3, 0.4) is 0 Å². The molecule has 3 unspecified atom stereocenters. The van der Waals surface area contributed by atoms with Crippen LogP contribution in [0.2, 0.25) is 0 Å². The van der Waals surface area contributed by atoms with Gasteiger partial charge < -0.3 is 33.8 Å². The van der Waals surface area contributed by atoms with E-state index < -0.39 is 97.5 Å². The van der Waals surface area contributed by atoms with Crippen molar-refractivity contribution in [2.75, 3.05) is 39.6 Å². The standard InChI is InChI=1S/C82H160O17P2/c1-7-10-12-14-16-18-20-22-28-33-37-41-45-52-58-64-79(84)92-70-77(98-81(86)66-61-55-47-43-39-35-31-27-25-24-26-30-32-36-40-44-51-57-63-75(6)9-3)72-96-100(88,89)94-68-76(83)69-95-101(90,91)97-73-78(71-93-80(85)65-59-53-49-48-50-56-62-74(4)5)99-82(87)67-60-54-46-42-38-34-29-23-21-19-17-15-13-11-8-2/h74-78,83H,7-73H2,1-6H3,(H,88,89)(H,90,91)/t75?,76-,77-,78-/m1/s1. The van der Waals surface area contributed by atoms with Crippen LogP contribution >= 0.6 is 15.6 Å². The average molecular weight is 1480 g/mol. The van der Waals surface area contributed by atoms with Gasteiger partial charge in [-0.2, -0.15) is 0 Å². The second kappa shape index (κ2) is 73.6. The highest BCUT2D eigenvalue weighted by Gasteiger charge is 2.30. The summed E-state index contributed by atoms with van der Waals surface area (Å²) in [6.45, 7) is 9.63. The number of carbonyl (C=O) groups is 4. The molecule has 0 heterocycles. The van der Waals surface area contributed by atoms with E-state index in [1.807, 2.05) is 0 Å². The zero-order valence-electron chi connectivity index (χ0n) is 66.2. The summed E-state index contributed by atoms with van der Waals surface area (Å²) in [6, 6.07) is 0. The summed E-state index contributed by atoms with van der Waals surface area (Å²) in [5, 5.41) is 10.6. The zero-order valence-corrected chi connectivity index (χ0v) is 68.0. The number of ether oxygens (including phenoxy) is 4. The van der Waals surface area contributed by atoms with Gasteiger partial charge in [0.15, 0.2) is 12.2 Å². The molecule has 0 radical (unpaired) electrons. The Labute approximate surface area is 619 Å².